The van der Waals surface area contributed by atoms with Gasteiger partial charge < -0.3 is 14.8 Å². The van der Waals surface area contributed by atoms with Gasteiger partial charge in [-0.15, -0.1) is 0 Å². The van der Waals surface area contributed by atoms with Crippen molar-refractivity contribution < 1.29 is 14.3 Å². The van der Waals surface area contributed by atoms with Gasteiger partial charge in [0.25, 0.3) is 0 Å². The van der Waals surface area contributed by atoms with Crippen molar-refractivity contribution in [1.82, 2.24) is 21.6 Å². The number of rotatable bonds is 7. The molecule has 3 rings (SSSR count). The first-order valence-corrected chi connectivity index (χ1v) is 9.58. The summed E-state index contributed by atoms with van der Waals surface area (Å²) in [6.45, 7) is 2.12. The molecule has 0 spiro atoms. The fourth-order valence-electron chi connectivity index (χ4n) is 2.61. The van der Waals surface area contributed by atoms with Gasteiger partial charge in [0, 0.05) is 15.6 Å². The topological polar surface area (TPSA) is 96.0 Å². The number of hydrazone groups is 1. The maximum atomic E-state index is 11.4. The fourth-order valence-corrected chi connectivity index (χ4v) is 3.11. The zero-order valence-corrected chi connectivity index (χ0v) is 17.3. The number of carbonyl (C=O) groups excluding carboxylic acids is 1. The van der Waals surface area contributed by atoms with E-state index in [2.05, 4.69) is 26.7 Å². The molecule has 1 fully saturated rings. The predicted octanol–water partition coefficient (Wildman–Crippen LogP) is 3.04. The Hall–Kier alpha value is -2.68. The Morgan fingerprint density at radius 2 is 1.97 bits per heavy atom. The van der Waals surface area contributed by atoms with Crippen molar-refractivity contribution in [2.45, 2.75) is 25.7 Å². The van der Waals surface area contributed by atoms with Crippen molar-refractivity contribution >= 4 is 35.4 Å². The minimum Gasteiger partial charge on any atom is -0.493 e. The lowest BCUT2D eigenvalue weighted by Crippen LogP contribution is -2.67. The normalized spacial score (nSPS) is 18.8. The van der Waals surface area contributed by atoms with Crippen LogP contribution in [0, 0.1) is 0 Å². The Morgan fingerprint density at radius 1 is 1.21 bits per heavy atom. The van der Waals surface area contributed by atoms with Crippen molar-refractivity contribution in [3.63, 3.8) is 0 Å². The number of carbonyl (C=O) groups is 1. The molecule has 0 bridgehead atoms. The van der Waals surface area contributed by atoms with Crippen LogP contribution in [-0.2, 0) is 6.61 Å². The third kappa shape index (κ3) is 5.44. The van der Waals surface area contributed by atoms with Crippen LogP contribution < -0.4 is 31.1 Å². The van der Waals surface area contributed by atoms with Crippen LogP contribution in [-0.4, -0.2) is 31.6 Å². The van der Waals surface area contributed by atoms with Crippen molar-refractivity contribution in [2.75, 3.05) is 7.11 Å². The van der Waals surface area contributed by atoms with Crippen LogP contribution in [0.3, 0.4) is 0 Å². The van der Waals surface area contributed by atoms with Crippen LogP contribution in [0.2, 0.25) is 10.0 Å². The largest absolute Gasteiger partial charge is 0.493 e. The van der Waals surface area contributed by atoms with Crippen molar-refractivity contribution in [1.29, 1.82) is 0 Å². The summed E-state index contributed by atoms with van der Waals surface area (Å²) < 4.78 is 11.3. The molecule has 2 atom stereocenters. The Kier molecular flexibility index (Phi) is 7.03. The highest BCUT2D eigenvalue weighted by Gasteiger charge is 2.23. The summed E-state index contributed by atoms with van der Waals surface area (Å²) in [7, 11) is 1.56. The molecule has 1 heterocycles. The quantitative estimate of drug-likeness (QED) is 0.394. The van der Waals surface area contributed by atoms with E-state index < -0.39 is 0 Å². The van der Waals surface area contributed by atoms with Gasteiger partial charge in [0.05, 0.1) is 19.4 Å². The second kappa shape index (κ2) is 9.69. The van der Waals surface area contributed by atoms with E-state index in [0.717, 1.165) is 5.56 Å². The molecule has 154 valence electrons. The molecule has 2 aromatic rings. The Labute approximate surface area is 178 Å². The molecule has 10 heteroatoms. The molecule has 1 aliphatic rings. The van der Waals surface area contributed by atoms with Gasteiger partial charge >= 0.3 is 6.03 Å². The van der Waals surface area contributed by atoms with Crippen LogP contribution in [0.5, 0.6) is 11.5 Å². The standard InChI is InChI=1S/C19H21Cl2N5O3/c1-11-18(23-19(27)26-24-11)25-22-9-12-6-7-16(17(8-12)28-2)29-10-13-14(20)4-3-5-15(13)21/h3-9,11,18,24-25H,10H2,1-2H3,(H2,23,26,27)/b22-9+. The number of urea groups is 1. The van der Waals surface area contributed by atoms with Crippen LogP contribution in [0.25, 0.3) is 0 Å². The third-order valence-corrected chi connectivity index (χ3v) is 4.96. The SMILES string of the molecule is COc1cc(/C=N/NC2NC(=O)NNC2C)ccc1OCc1c(Cl)cccc1Cl. The van der Waals surface area contributed by atoms with E-state index in [9.17, 15) is 4.79 Å². The van der Waals surface area contributed by atoms with Crippen LogP contribution in [0.1, 0.15) is 18.1 Å². The van der Waals surface area contributed by atoms with Gasteiger partial charge in [-0.25, -0.2) is 10.2 Å². The summed E-state index contributed by atoms with van der Waals surface area (Å²) in [4.78, 5) is 11.4. The number of halogens is 2. The average molecular weight is 438 g/mol. The predicted molar refractivity (Wildman–Crippen MR) is 113 cm³/mol. The van der Waals surface area contributed by atoms with Gasteiger partial charge in [0.1, 0.15) is 12.8 Å². The zero-order chi connectivity index (χ0) is 20.8. The summed E-state index contributed by atoms with van der Waals surface area (Å²) in [5.74, 6) is 1.10. The number of nitrogens with zero attached hydrogens (tertiary/aromatic N) is 1. The zero-order valence-electron chi connectivity index (χ0n) is 15.8. The van der Waals surface area contributed by atoms with Gasteiger partial charge in [-0.3, -0.25) is 10.9 Å². The van der Waals surface area contributed by atoms with E-state index in [1.165, 1.54) is 0 Å². The summed E-state index contributed by atoms with van der Waals surface area (Å²) in [6.07, 6.45) is 1.28. The number of benzene rings is 2. The first-order chi connectivity index (χ1) is 14.0. The molecule has 2 amide bonds. The van der Waals surface area contributed by atoms with Crippen molar-refractivity contribution in [2.24, 2.45) is 5.10 Å². The van der Waals surface area contributed by atoms with E-state index in [0.29, 0.717) is 27.1 Å². The maximum Gasteiger partial charge on any atom is 0.330 e. The Balaban J connectivity index is 1.64. The number of ether oxygens (including phenoxy) is 2. The summed E-state index contributed by atoms with van der Waals surface area (Å²) >= 11 is 12.4. The molecular weight excluding hydrogens is 417 g/mol. The molecule has 2 unspecified atom stereocenters. The smallest absolute Gasteiger partial charge is 0.330 e. The third-order valence-electron chi connectivity index (χ3n) is 4.25. The highest BCUT2D eigenvalue weighted by molar-refractivity contribution is 6.35. The lowest BCUT2D eigenvalue weighted by atomic mass is 10.2. The lowest BCUT2D eigenvalue weighted by molar-refractivity contribution is 0.202. The van der Waals surface area contributed by atoms with E-state index in [4.69, 9.17) is 32.7 Å². The van der Waals surface area contributed by atoms with Crippen LogP contribution >= 0.6 is 23.2 Å². The molecule has 4 N–H and O–H groups in total. The van der Waals surface area contributed by atoms with Crippen LogP contribution in [0.4, 0.5) is 4.79 Å². The molecule has 0 radical (unpaired) electrons. The van der Waals surface area contributed by atoms with E-state index >= 15 is 0 Å². The molecule has 1 aliphatic heterocycles. The average Bonchev–Trinajstić information content (AvgIpc) is 2.70. The molecule has 8 nitrogen and oxygen atoms in total. The highest BCUT2D eigenvalue weighted by Crippen LogP contribution is 2.31. The number of methoxy groups -OCH3 is 1. The number of hydrogen-bond donors (Lipinski definition) is 4. The number of amides is 2. The maximum absolute atomic E-state index is 11.4. The minimum atomic E-state index is -0.343. The summed E-state index contributed by atoms with van der Waals surface area (Å²) in [6, 6.07) is 10.3. The molecule has 0 aliphatic carbocycles. The molecule has 0 aromatic heterocycles. The molecule has 0 saturated carbocycles. The van der Waals surface area contributed by atoms with Crippen molar-refractivity contribution in [3.8, 4) is 11.5 Å². The molecular formula is C19H21Cl2N5O3. The number of hydrazine groups is 1. The summed E-state index contributed by atoms with van der Waals surface area (Å²) in [5, 5.41) is 7.99. The molecule has 1 saturated heterocycles. The van der Waals surface area contributed by atoms with Gasteiger partial charge in [0.15, 0.2) is 11.5 Å². The highest BCUT2D eigenvalue weighted by atomic mass is 35.5. The van der Waals surface area contributed by atoms with E-state index in [1.807, 2.05) is 13.0 Å². The van der Waals surface area contributed by atoms with E-state index in [-0.39, 0.29) is 24.8 Å². The van der Waals surface area contributed by atoms with Gasteiger partial charge in [-0.1, -0.05) is 29.3 Å². The lowest BCUT2D eigenvalue weighted by Gasteiger charge is -2.30. The van der Waals surface area contributed by atoms with Crippen molar-refractivity contribution in [3.05, 3.63) is 57.6 Å². The number of hydrogen-bond acceptors (Lipinski definition) is 6. The van der Waals surface area contributed by atoms with Gasteiger partial charge in [0.2, 0.25) is 0 Å². The molecule has 29 heavy (non-hydrogen) atoms. The van der Waals surface area contributed by atoms with E-state index in [1.54, 1.807) is 43.7 Å². The second-order valence-corrected chi connectivity index (χ2v) is 7.11. The monoisotopic (exact) mass is 437 g/mol. The Morgan fingerprint density at radius 3 is 2.69 bits per heavy atom. The number of nitrogens with one attached hydrogen (secondary N) is 4. The van der Waals surface area contributed by atoms with Crippen LogP contribution in [0.15, 0.2) is 41.5 Å². The molecule has 2 aromatic carbocycles. The van der Waals surface area contributed by atoms with Gasteiger partial charge in [-0.2, -0.15) is 5.10 Å². The first kappa shape index (κ1) is 21.0. The second-order valence-electron chi connectivity index (χ2n) is 6.30. The summed E-state index contributed by atoms with van der Waals surface area (Å²) in [5.41, 5.74) is 9.71. The van der Waals surface area contributed by atoms with Gasteiger partial charge in [-0.05, 0) is 42.8 Å². The first-order valence-electron chi connectivity index (χ1n) is 8.82. The minimum absolute atomic E-state index is 0.0493. The fraction of sp³-hybridized carbons (Fsp3) is 0.263. The Bertz CT molecular complexity index is 889.